The molecule has 1 atom stereocenters. The minimum atomic E-state index is -0.835. The van der Waals surface area contributed by atoms with E-state index < -0.39 is 17.4 Å². The number of carbonyl (C=O) groups excluding carboxylic acids is 2. The summed E-state index contributed by atoms with van der Waals surface area (Å²) in [4.78, 5) is 26.6. The minimum Gasteiger partial charge on any atom is -0.340 e. The molecule has 1 saturated heterocycles. The molecule has 1 spiro atoms. The summed E-state index contributed by atoms with van der Waals surface area (Å²) < 4.78 is 14.3. The van der Waals surface area contributed by atoms with Crippen molar-refractivity contribution in [1.82, 2.24) is 5.32 Å². The van der Waals surface area contributed by atoms with Gasteiger partial charge in [0.15, 0.2) is 0 Å². The zero-order valence-corrected chi connectivity index (χ0v) is 12.3. The Morgan fingerprint density at radius 2 is 1.95 bits per heavy atom. The molecule has 1 aromatic rings. The molecule has 2 fully saturated rings. The molecule has 0 radical (unpaired) electrons. The van der Waals surface area contributed by atoms with E-state index in [0.29, 0.717) is 18.4 Å². The standard InChI is InChI=1S/C16H19FN2O2/c1-10-6-5-7-12(17)13(10)19-11(2)14(20)18-16(15(19)21)8-3-4-9-16/h5-7,11H,3-4,8-9H2,1-2H3,(H,18,20). The lowest BCUT2D eigenvalue weighted by Gasteiger charge is -2.43. The van der Waals surface area contributed by atoms with E-state index in [1.165, 1.54) is 11.0 Å². The average Bonchev–Trinajstić information content (AvgIpc) is 2.89. The molecule has 2 aliphatic rings. The quantitative estimate of drug-likeness (QED) is 0.862. The maximum Gasteiger partial charge on any atom is 0.253 e. The summed E-state index contributed by atoms with van der Waals surface area (Å²) >= 11 is 0. The number of anilines is 1. The van der Waals surface area contributed by atoms with Gasteiger partial charge in [-0.2, -0.15) is 0 Å². The van der Waals surface area contributed by atoms with Crippen LogP contribution in [-0.4, -0.2) is 23.4 Å². The van der Waals surface area contributed by atoms with Crippen molar-refractivity contribution in [2.75, 3.05) is 4.90 Å². The third kappa shape index (κ3) is 2.03. The first-order valence-corrected chi connectivity index (χ1v) is 7.37. The van der Waals surface area contributed by atoms with E-state index in [1.807, 2.05) is 0 Å². The van der Waals surface area contributed by atoms with E-state index in [2.05, 4.69) is 5.32 Å². The second kappa shape index (κ2) is 4.83. The number of nitrogens with zero attached hydrogens (tertiary/aromatic N) is 1. The van der Waals surface area contributed by atoms with Gasteiger partial charge in [-0.1, -0.05) is 25.0 Å². The first-order chi connectivity index (χ1) is 9.96. The van der Waals surface area contributed by atoms with E-state index in [9.17, 15) is 14.0 Å². The van der Waals surface area contributed by atoms with Gasteiger partial charge in [0, 0.05) is 0 Å². The molecule has 0 aromatic heterocycles. The van der Waals surface area contributed by atoms with Crippen molar-refractivity contribution < 1.29 is 14.0 Å². The third-order valence-electron chi connectivity index (χ3n) is 4.64. The molecule has 112 valence electrons. The minimum absolute atomic E-state index is 0.180. The predicted octanol–water partition coefficient (Wildman–Crippen LogP) is 2.30. The number of amides is 2. The maximum atomic E-state index is 14.3. The number of benzene rings is 1. The fourth-order valence-electron chi connectivity index (χ4n) is 3.46. The Bertz CT molecular complexity index is 588. The number of nitrogens with one attached hydrogen (secondary N) is 1. The van der Waals surface area contributed by atoms with Crippen LogP contribution in [0.25, 0.3) is 0 Å². The van der Waals surface area contributed by atoms with Crippen molar-refractivity contribution in [3.63, 3.8) is 0 Å². The van der Waals surface area contributed by atoms with E-state index in [0.717, 1.165) is 12.8 Å². The van der Waals surface area contributed by atoms with Crippen LogP contribution < -0.4 is 10.2 Å². The van der Waals surface area contributed by atoms with Gasteiger partial charge >= 0.3 is 0 Å². The lowest BCUT2D eigenvalue weighted by molar-refractivity contribution is -0.137. The summed E-state index contributed by atoms with van der Waals surface area (Å²) in [6.07, 6.45) is 3.08. The van der Waals surface area contributed by atoms with Gasteiger partial charge in [-0.3, -0.25) is 14.5 Å². The predicted molar refractivity (Wildman–Crippen MR) is 77.4 cm³/mol. The van der Waals surface area contributed by atoms with Crippen molar-refractivity contribution in [3.05, 3.63) is 29.6 Å². The van der Waals surface area contributed by atoms with Gasteiger partial charge in [0.1, 0.15) is 17.4 Å². The highest BCUT2D eigenvalue weighted by Crippen LogP contribution is 2.38. The van der Waals surface area contributed by atoms with Gasteiger partial charge in [0.25, 0.3) is 5.91 Å². The molecule has 1 heterocycles. The lowest BCUT2D eigenvalue weighted by Crippen LogP contribution is -2.69. The molecule has 1 aliphatic carbocycles. The molecule has 1 N–H and O–H groups in total. The Morgan fingerprint density at radius 3 is 2.57 bits per heavy atom. The summed E-state index contributed by atoms with van der Waals surface area (Å²) in [6, 6.07) is 4.00. The number of halogens is 1. The summed E-state index contributed by atoms with van der Waals surface area (Å²) in [6.45, 7) is 3.40. The van der Waals surface area contributed by atoms with Crippen LogP contribution in [0, 0.1) is 12.7 Å². The fourth-order valence-corrected chi connectivity index (χ4v) is 3.46. The van der Waals surface area contributed by atoms with E-state index in [-0.39, 0.29) is 17.5 Å². The van der Waals surface area contributed by atoms with Crippen molar-refractivity contribution in [2.45, 2.75) is 51.1 Å². The molecule has 21 heavy (non-hydrogen) atoms. The summed E-state index contributed by atoms with van der Waals surface area (Å²) in [5, 5.41) is 2.88. The van der Waals surface area contributed by atoms with E-state index >= 15 is 0 Å². The zero-order chi connectivity index (χ0) is 15.2. The molecule has 2 amide bonds. The fraction of sp³-hybridized carbons (Fsp3) is 0.500. The number of carbonyl (C=O) groups is 2. The Hall–Kier alpha value is -1.91. The van der Waals surface area contributed by atoms with Crippen LogP contribution in [0.3, 0.4) is 0 Å². The van der Waals surface area contributed by atoms with Crippen molar-refractivity contribution in [3.8, 4) is 0 Å². The molecule has 1 aromatic carbocycles. The first kappa shape index (κ1) is 14.0. The number of hydrogen-bond donors (Lipinski definition) is 1. The molecule has 1 aliphatic heterocycles. The lowest BCUT2D eigenvalue weighted by atomic mass is 9.90. The molecule has 1 saturated carbocycles. The molecule has 1 unspecified atom stereocenters. The number of hydrogen-bond acceptors (Lipinski definition) is 2. The molecule has 3 rings (SSSR count). The highest BCUT2D eigenvalue weighted by atomic mass is 19.1. The normalized spacial score (nSPS) is 24.5. The highest BCUT2D eigenvalue weighted by Gasteiger charge is 2.52. The third-order valence-corrected chi connectivity index (χ3v) is 4.64. The Balaban J connectivity index is 2.10. The first-order valence-electron chi connectivity index (χ1n) is 7.37. The van der Waals surface area contributed by atoms with Gasteiger partial charge in [-0.25, -0.2) is 4.39 Å². The molecular formula is C16H19FN2O2. The second-order valence-electron chi connectivity index (χ2n) is 6.03. The van der Waals surface area contributed by atoms with Crippen molar-refractivity contribution in [1.29, 1.82) is 0 Å². The number of aryl methyl sites for hydroxylation is 1. The second-order valence-corrected chi connectivity index (χ2v) is 6.03. The van der Waals surface area contributed by atoms with Crippen LogP contribution in [0.2, 0.25) is 0 Å². The van der Waals surface area contributed by atoms with Gasteiger partial charge in [-0.15, -0.1) is 0 Å². The zero-order valence-electron chi connectivity index (χ0n) is 12.3. The van der Waals surface area contributed by atoms with Crippen LogP contribution >= 0.6 is 0 Å². The smallest absolute Gasteiger partial charge is 0.253 e. The summed E-state index contributed by atoms with van der Waals surface area (Å²) in [5.74, 6) is -0.850. The van der Waals surface area contributed by atoms with Gasteiger partial charge in [0.2, 0.25) is 5.91 Å². The van der Waals surface area contributed by atoms with Crippen molar-refractivity contribution in [2.24, 2.45) is 0 Å². The van der Waals surface area contributed by atoms with Crippen molar-refractivity contribution >= 4 is 17.5 Å². The number of rotatable bonds is 1. The van der Waals surface area contributed by atoms with Crippen LogP contribution in [0.1, 0.15) is 38.2 Å². The topological polar surface area (TPSA) is 49.4 Å². The Kier molecular flexibility index (Phi) is 3.23. The largest absolute Gasteiger partial charge is 0.340 e. The van der Waals surface area contributed by atoms with Crippen LogP contribution in [0.15, 0.2) is 18.2 Å². The van der Waals surface area contributed by atoms with Crippen LogP contribution in [-0.2, 0) is 9.59 Å². The summed E-state index contributed by atoms with van der Waals surface area (Å²) in [7, 11) is 0. The average molecular weight is 290 g/mol. The van der Waals surface area contributed by atoms with E-state index in [1.54, 1.807) is 26.0 Å². The molecular weight excluding hydrogens is 271 g/mol. The van der Waals surface area contributed by atoms with Gasteiger partial charge in [0.05, 0.1) is 5.69 Å². The summed E-state index contributed by atoms with van der Waals surface area (Å²) in [5.41, 5.74) is 0.0624. The maximum absolute atomic E-state index is 14.3. The monoisotopic (exact) mass is 290 g/mol. The van der Waals surface area contributed by atoms with E-state index in [4.69, 9.17) is 0 Å². The number of para-hydroxylation sites is 1. The van der Waals surface area contributed by atoms with Crippen LogP contribution in [0.5, 0.6) is 0 Å². The van der Waals surface area contributed by atoms with Crippen LogP contribution in [0.4, 0.5) is 10.1 Å². The van der Waals surface area contributed by atoms with Gasteiger partial charge in [-0.05, 0) is 38.3 Å². The highest BCUT2D eigenvalue weighted by molar-refractivity contribution is 6.11. The molecule has 0 bridgehead atoms. The molecule has 5 heteroatoms. The SMILES string of the molecule is Cc1cccc(F)c1N1C(=O)C2(CCCC2)NC(=O)C1C. The Labute approximate surface area is 123 Å². The number of piperazine rings is 1. The Morgan fingerprint density at radius 1 is 1.29 bits per heavy atom. The molecule has 4 nitrogen and oxygen atoms in total. The van der Waals surface area contributed by atoms with Gasteiger partial charge < -0.3 is 5.32 Å².